The van der Waals surface area contributed by atoms with Crippen molar-refractivity contribution in [1.82, 2.24) is 9.55 Å². The number of carbonyl (C=O) groups is 1. The van der Waals surface area contributed by atoms with Crippen molar-refractivity contribution in [1.29, 1.82) is 0 Å². The molecule has 4 heterocycles. The van der Waals surface area contributed by atoms with Crippen molar-refractivity contribution in [3.8, 4) is 17.1 Å². The topological polar surface area (TPSA) is 90.7 Å². The van der Waals surface area contributed by atoms with Crippen molar-refractivity contribution < 1.29 is 19.4 Å². The molecule has 0 aliphatic carbocycles. The van der Waals surface area contributed by atoms with Crippen LogP contribution in [0.15, 0.2) is 35.1 Å². The zero-order chi connectivity index (χ0) is 20.3. The number of aliphatic hydroxyl groups is 1. The van der Waals surface area contributed by atoms with E-state index in [1.54, 1.807) is 17.6 Å². The van der Waals surface area contributed by atoms with Crippen LogP contribution in [0.3, 0.4) is 0 Å². The first kappa shape index (κ1) is 17.9. The van der Waals surface area contributed by atoms with Gasteiger partial charge in [-0.25, -0.2) is 9.78 Å². The molecule has 29 heavy (non-hydrogen) atoms. The van der Waals surface area contributed by atoms with Crippen molar-refractivity contribution in [3.63, 3.8) is 0 Å². The Morgan fingerprint density at radius 2 is 2.07 bits per heavy atom. The maximum Gasteiger partial charge on any atom is 0.343 e. The summed E-state index contributed by atoms with van der Waals surface area (Å²) in [6.45, 7) is 4.46. The fourth-order valence-corrected chi connectivity index (χ4v) is 4.22. The lowest BCUT2D eigenvalue weighted by molar-refractivity contribution is -0.172. The number of hydrogen-bond acceptors (Lipinski definition) is 6. The molecule has 0 amide bonds. The number of rotatable bonds is 3. The smallest absolute Gasteiger partial charge is 0.343 e. The van der Waals surface area contributed by atoms with Gasteiger partial charge in [-0.05, 0) is 43.7 Å². The SMILES string of the molecule is CCOc1ccc2nc3c(cc2c1)Cn1c-3cc2c(c1=O)COC(=O)[C@]2(O)CC. The maximum absolute atomic E-state index is 13.1. The van der Waals surface area contributed by atoms with E-state index in [1.807, 2.05) is 31.2 Å². The van der Waals surface area contributed by atoms with Crippen LogP contribution >= 0.6 is 0 Å². The Morgan fingerprint density at radius 1 is 1.24 bits per heavy atom. The molecule has 0 spiro atoms. The number of pyridine rings is 2. The minimum atomic E-state index is -1.81. The van der Waals surface area contributed by atoms with Crippen LogP contribution in [0, 0.1) is 0 Å². The molecule has 148 valence electrons. The Kier molecular flexibility index (Phi) is 3.79. The van der Waals surface area contributed by atoms with E-state index >= 15 is 0 Å². The largest absolute Gasteiger partial charge is 0.494 e. The quantitative estimate of drug-likeness (QED) is 0.539. The molecule has 2 aliphatic rings. The first-order chi connectivity index (χ1) is 14.0. The third-order valence-electron chi connectivity index (χ3n) is 5.79. The molecule has 3 aromatic rings. The molecule has 2 aromatic heterocycles. The molecule has 1 N–H and O–H groups in total. The average Bonchev–Trinajstić information content (AvgIpc) is 3.07. The molecular formula is C22H20N2O5. The van der Waals surface area contributed by atoms with Crippen LogP contribution in [0.5, 0.6) is 5.75 Å². The number of carbonyl (C=O) groups excluding carboxylic acids is 1. The second kappa shape index (κ2) is 6.15. The van der Waals surface area contributed by atoms with Crippen molar-refractivity contribution >= 4 is 16.9 Å². The maximum atomic E-state index is 13.1. The Labute approximate surface area is 166 Å². The summed E-state index contributed by atoms with van der Waals surface area (Å²) in [6.07, 6.45) is 0.125. The van der Waals surface area contributed by atoms with Gasteiger partial charge in [0.15, 0.2) is 5.60 Å². The van der Waals surface area contributed by atoms with Crippen LogP contribution in [0.4, 0.5) is 0 Å². The first-order valence-corrected chi connectivity index (χ1v) is 9.70. The number of aromatic nitrogens is 2. The van der Waals surface area contributed by atoms with Gasteiger partial charge in [0.1, 0.15) is 12.4 Å². The minimum Gasteiger partial charge on any atom is -0.494 e. The van der Waals surface area contributed by atoms with Gasteiger partial charge in [0.2, 0.25) is 0 Å². The lowest BCUT2D eigenvalue weighted by atomic mass is 9.86. The summed E-state index contributed by atoms with van der Waals surface area (Å²) < 4.78 is 12.3. The Bertz CT molecular complexity index is 1250. The number of nitrogens with zero attached hydrogens (tertiary/aromatic N) is 2. The zero-order valence-corrected chi connectivity index (χ0v) is 16.2. The molecule has 0 saturated heterocycles. The van der Waals surface area contributed by atoms with E-state index in [0.717, 1.165) is 22.2 Å². The van der Waals surface area contributed by atoms with E-state index in [-0.39, 0.29) is 18.6 Å². The highest BCUT2D eigenvalue weighted by Gasteiger charge is 2.45. The van der Waals surface area contributed by atoms with E-state index in [2.05, 4.69) is 0 Å². The first-order valence-electron chi connectivity index (χ1n) is 9.70. The highest BCUT2D eigenvalue weighted by molar-refractivity contribution is 5.87. The summed E-state index contributed by atoms with van der Waals surface area (Å²) in [4.78, 5) is 30.1. The van der Waals surface area contributed by atoms with Crippen LogP contribution in [-0.4, -0.2) is 27.2 Å². The molecule has 2 aliphatic heterocycles. The fourth-order valence-electron chi connectivity index (χ4n) is 4.22. The third-order valence-corrected chi connectivity index (χ3v) is 5.79. The lowest BCUT2D eigenvalue weighted by Gasteiger charge is -2.31. The van der Waals surface area contributed by atoms with Gasteiger partial charge in [-0.15, -0.1) is 0 Å². The average molecular weight is 392 g/mol. The summed E-state index contributed by atoms with van der Waals surface area (Å²) in [5, 5.41) is 11.8. The van der Waals surface area contributed by atoms with Crippen LogP contribution in [-0.2, 0) is 28.3 Å². The number of ether oxygens (including phenoxy) is 2. The Hall–Kier alpha value is -3.19. The molecular weight excluding hydrogens is 372 g/mol. The van der Waals surface area contributed by atoms with Crippen molar-refractivity contribution in [2.24, 2.45) is 0 Å². The van der Waals surface area contributed by atoms with Crippen molar-refractivity contribution in [2.75, 3.05) is 6.61 Å². The van der Waals surface area contributed by atoms with E-state index in [1.165, 1.54) is 0 Å². The molecule has 0 unspecified atom stereocenters. The molecule has 5 rings (SSSR count). The Balaban J connectivity index is 1.72. The van der Waals surface area contributed by atoms with Gasteiger partial charge in [-0.1, -0.05) is 6.92 Å². The number of hydrogen-bond donors (Lipinski definition) is 1. The third kappa shape index (κ3) is 2.43. The molecule has 0 radical (unpaired) electrons. The van der Waals surface area contributed by atoms with Crippen LogP contribution in [0.1, 0.15) is 37.0 Å². The fraction of sp³-hybridized carbons (Fsp3) is 0.318. The molecule has 0 bridgehead atoms. The molecule has 0 fully saturated rings. The summed E-state index contributed by atoms with van der Waals surface area (Å²) in [6, 6.07) is 9.43. The molecule has 1 aromatic carbocycles. The second-order valence-electron chi connectivity index (χ2n) is 7.39. The predicted molar refractivity (Wildman–Crippen MR) is 106 cm³/mol. The van der Waals surface area contributed by atoms with Gasteiger partial charge in [0, 0.05) is 16.5 Å². The standard InChI is InChI=1S/C22H20N2O5/c1-3-22(27)16-9-18-19-13(10-24(18)20(25)15(16)11-29-21(22)26)7-12-8-14(28-4-2)5-6-17(12)23-19/h5-9,27H,3-4,10-11H2,1-2H3/t22-/m0/s1. The van der Waals surface area contributed by atoms with Crippen LogP contribution in [0.25, 0.3) is 22.3 Å². The van der Waals surface area contributed by atoms with Crippen LogP contribution < -0.4 is 10.3 Å². The highest BCUT2D eigenvalue weighted by Crippen LogP contribution is 2.38. The molecule has 1 atom stereocenters. The molecule has 7 nitrogen and oxygen atoms in total. The van der Waals surface area contributed by atoms with E-state index in [0.29, 0.717) is 35.7 Å². The van der Waals surface area contributed by atoms with Gasteiger partial charge in [-0.3, -0.25) is 4.79 Å². The van der Waals surface area contributed by atoms with Gasteiger partial charge in [0.05, 0.1) is 35.6 Å². The summed E-state index contributed by atoms with van der Waals surface area (Å²) >= 11 is 0. The van der Waals surface area contributed by atoms with Gasteiger partial charge < -0.3 is 19.1 Å². The predicted octanol–water partition coefficient (Wildman–Crippen LogP) is 2.48. The summed E-state index contributed by atoms with van der Waals surface area (Å²) in [7, 11) is 0. The lowest BCUT2D eigenvalue weighted by Crippen LogP contribution is -2.44. The summed E-state index contributed by atoms with van der Waals surface area (Å²) in [5.74, 6) is 0.0542. The number of esters is 1. The van der Waals surface area contributed by atoms with Crippen molar-refractivity contribution in [2.45, 2.75) is 39.0 Å². The molecule has 7 heteroatoms. The zero-order valence-electron chi connectivity index (χ0n) is 16.2. The Morgan fingerprint density at radius 3 is 2.83 bits per heavy atom. The van der Waals surface area contributed by atoms with Crippen LogP contribution in [0.2, 0.25) is 0 Å². The normalized spacial score (nSPS) is 19.5. The number of cyclic esters (lactones) is 1. The van der Waals surface area contributed by atoms with Gasteiger partial charge >= 0.3 is 5.97 Å². The van der Waals surface area contributed by atoms with E-state index < -0.39 is 11.6 Å². The minimum absolute atomic E-state index is 0.125. The van der Waals surface area contributed by atoms with E-state index in [9.17, 15) is 14.7 Å². The van der Waals surface area contributed by atoms with Gasteiger partial charge in [0.25, 0.3) is 5.56 Å². The van der Waals surface area contributed by atoms with Gasteiger partial charge in [-0.2, -0.15) is 0 Å². The number of benzene rings is 1. The second-order valence-corrected chi connectivity index (χ2v) is 7.39. The number of fused-ring (bicyclic) bond motifs is 5. The van der Waals surface area contributed by atoms with Crippen molar-refractivity contribution in [3.05, 3.63) is 57.4 Å². The monoisotopic (exact) mass is 392 g/mol. The summed E-state index contributed by atoms with van der Waals surface area (Å²) in [5.41, 5.74) is 1.60. The van der Waals surface area contributed by atoms with E-state index in [4.69, 9.17) is 14.5 Å². The molecule has 0 saturated carbocycles. The highest BCUT2D eigenvalue weighted by atomic mass is 16.6.